The molecule has 19 heavy (non-hydrogen) atoms. The van der Waals surface area contributed by atoms with E-state index in [0.29, 0.717) is 30.4 Å². The van der Waals surface area contributed by atoms with Crippen molar-refractivity contribution in [1.29, 1.82) is 0 Å². The number of rotatable bonds is 6. The quantitative estimate of drug-likeness (QED) is 0.809. The lowest BCUT2D eigenvalue weighted by molar-refractivity contribution is 0.314. The zero-order chi connectivity index (χ0) is 13.5. The number of pyridine rings is 1. The smallest absolute Gasteiger partial charge is 0.146 e. The van der Waals surface area contributed by atoms with Crippen LogP contribution in [0.2, 0.25) is 0 Å². The maximum atomic E-state index is 5.98. The van der Waals surface area contributed by atoms with Crippen molar-refractivity contribution < 1.29 is 9.47 Å². The summed E-state index contributed by atoms with van der Waals surface area (Å²) in [5.41, 5.74) is 7.53. The molecular formula is C15H18N2O2. The highest BCUT2D eigenvalue weighted by molar-refractivity contribution is 5.62. The van der Waals surface area contributed by atoms with Crippen molar-refractivity contribution in [3.8, 4) is 11.5 Å². The van der Waals surface area contributed by atoms with Gasteiger partial charge in [-0.25, -0.2) is 0 Å². The number of para-hydroxylation sites is 1. The second-order valence-corrected chi connectivity index (χ2v) is 4.02. The molecule has 0 saturated heterocycles. The van der Waals surface area contributed by atoms with E-state index in [-0.39, 0.29) is 0 Å². The molecule has 2 N–H and O–H groups in total. The standard InChI is InChI=1S/C15H18N2O2/c1-2-18-13-7-5-8-14(15(13)16)19-11-9-12-6-3-4-10-17-12/h3-8,10H,2,9,11,16H2,1H3. The SMILES string of the molecule is CCOc1cccc(OCCc2ccccn2)c1N. The summed E-state index contributed by atoms with van der Waals surface area (Å²) < 4.78 is 11.1. The van der Waals surface area contributed by atoms with Crippen LogP contribution < -0.4 is 15.2 Å². The first kappa shape index (κ1) is 13.2. The van der Waals surface area contributed by atoms with Crippen molar-refractivity contribution in [2.75, 3.05) is 18.9 Å². The average Bonchev–Trinajstić information content (AvgIpc) is 2.44. The van der Waals surface area contributed by atoms with Crippen LogP contribution in [0.15, 0.2) is 42.6 Å². The van der Waals surface area contributed by atoms with E-state index in [1.54, 1.807) is 6.20 Å². The lowest BCUT2D eigenvalue weighted by Gasteiger charge is -2.12. The second-order valence-electron chi connectivity index (χ2n) is 4.02. The zero-order valence-corrected chi connectivity index (χ0v) is 11.0. The van der Waals surface area contributed by atoms with Gasteiger partial charge in [-0.05, 0) is 31.2 Å². The Morgan fingerprint density at radius 3 is 2.53 bits per heavy atom. The van der Waals surface area contributed by atoms with Crippen molar-refractivity contribution in [2.24, 2.45) is 0 Å². The molecule has 100 valence electrons. The van der Waals surface area contributed by atoms with Gasteiger partial charge in [0.05, 0.1) is 13.2 Å². The highest BCUT2D eigenvalue weighted by Crippen LogP contribution is 2.31. The summed E-state index contributed by atoms with van der Waals surface area (Å²) in [6.45, 7) is 3.05. The molecule has 0 unspecified atom stereocenters. The van der Waals surface area contributed by atoms with Gasteiger partial charge in [-0.1, -0.05) is 12.1 Å². The van der Waals surface area contributed by atoms with Crippen LogP contribution in [0.25, 0.3) is 0 Å². The fourth-order valence-corrected chi connectivity index (χ4v) is 1.74. The third-order valence-corrected chi connectivity index (χ3v) is 2.67. The molecule has 0 aliphatic carbocycles. The number of nitrogens with two attached hydrogens (primary N) is 1. The summed E-state index contributed by atoms with van der Waals surface area (Å²) in [7, 11) is 0. The molecule has 1 aromatic heterocycles. The molecule has 1 heterocycles. The highest BCUT2D eigenvalue weighted by Gasteiger charge is 2.06. The maximum Gasteiger partial charge on any atom is 0.146 e. The van der Waals surface area contributed by atoms with Gasteiger partial charge in [0.2, 0.25) is 0 Å². The minimum absolute atomic E-state index is 0.538. The number of benzene rings is 1. The van der Waals surface area contributed by atoms with E-state index < -0.39 is 0 Å². The summed E-state index contributed by atoms with van der Waals surface area (Å²) in [6.07, 6.45) is 2.53. The lowest BCUT2D eigenvalue weighted by atomic mass is 10.2. The number of ether oxygens (including phenoxy) is 2. The van der Waals surface area contributed by atoms with E-state index in [1.807, 2.05) is 43.3 Å². The van der Waals surface area contributed by atoms with E-state index in [4.69, 9.17) is 15.2 Å². The number of anilines is 1. The molecule has 0 saturated carbocycles. The molecule has 0 fully saturated rings. The predicted molar refractivity (Wildman–Crippen MR) is 75.5 cm³/mol. The predicted octanol–water partition coefficient (Wildman–Crippen LogP) is 2.68. The van der Waals surface area contributed by atoms with Crippen LogP contribution in [0.1, 0.15) is 12.6 Å². The van der Waals surface area contributed by atoms with Crippen LogP contribution in [0.5, 0.6) is 11.5 Å². The number of nitrogens with zero attached hydrogens (tertiary/aromatic N) is 1. The van der Waals surface area contributed by atoms with Gasteiger partial charge in [0.25, 0.3) is 0 Å². The lowest BCUT2D eigenvalue weighted by Crippen LogP contribution is -2.05. The Balaban J connectivity index is 1.94. The Morgan fingerprint density at radius 2 is 1.84 bits per heavy atom. The summed E-state index contributed by atoms with van der Waals surface area (Å²) in [4.78, 5) is 4.24. The van der Waals surface area contributed by atoms with E-state index in [9.17, 15) is 0 Å². The molecule has 0 radical (unpaired) electrons. The first-order chi connectivity index (χ1) is 9.31. The van der Waals surface area contributed by atoms with Gasteiger partial charge in [-0.15, -0.1) is 0 Å². The normalized spacial score (nSPS) is 10.2. The molecule has 0 bridgehead atoms. The molecule has 0 amide bonds. The summed E-state index contributed by atoms with van der Waals surface area (Å²) in [5, 5.41) is 0. The Bertz CT molecular complexity index is 515. The number of aromatic nitrogens is 1. The minimum Gasteiger partial charge on any atom is -0.492 e. The Labute approximate surface area is 113 Å². The van der Waals surface area contributed by atoms with Crippen LogP contribution in [-0.2, 0) is 6.42 Å². The maximum absolute atomic E-state index is 5.98. The number of nitrogen functional groups attached to an aromatic ring is 1. The van der Waals surface area contributed by atoms with E-state index in [1.165, 1.54) is 0 Å². The molecular weight excluding hydrogens is 240 g/mol. The van der Waals surface area contributed by atoms with Crippen LogP contribution in [0, 0.1) is 0 Å². The second kappa shape index (κ2) is 6.64. The van der Waals surface area contributed by atoms with Gasteiger partial charge in [0.15, 0.2) is 0 Å². The fourth-order valence-electron chi connectivity index (χ4n) is 1.74. The van der Waals surface area contributed by atoms with Crippen molar-refractivity contribution >= 4 is 5.69 Å². The van der Waals surface area contributed by atoms with Crippen molar-refractivity contribution in [2.45, 2.75) is 13.3 Å². The van der Waals surface area contributed by atoms with Crippen LogP contribution >= 0.6 is 0 Å². The molecule has 0 spiro atoms. The van der Waals surface area contributed by atoms with Crippen molar-refractivity contribution in [3.63, 3.8) is 0 Å². The Hall–Kier alpha value is -2.23. The molecule has 0 aliphatic rings. The molecule has 4 heteroatoms. The molecule has 0 atom stereocenters. The van der Waals surface area contributed by atoms with Gasteiger partial charge in [0.1, 0.15) is 17.2 Å². The largest absolute Gasteiger partial charge is 0.492 e. The summed E-state index contributed by atoms with van der Waals surface area (Å²) in [5.74, 6) is 1.32. The van der Waals surface area contributed by atoms with Gasteiger partial charge < -0.3 is 15.2 Å². The molecule has 0 aliphatic heterocycles. The number of hydrogen-bond donors (Lipinski definition) is 1. The third-order valence-electron chi connectivity index (χ3n) is 2.67. The van der Waals surface area contributed by atoms with Gasteiger partial charge in [0, 0.05) is 18.3 Å². The third kappa shape index (κ3) is 3.61. The van der Waals surface area contributed by atoms with Crippen LogP contribution in [-0.4, -0.2) is 18.2 Å². The monoisotopic (exact) mass is 258 g/mol. The summed E-state index contributed by atoms with van der Waals surface area (Å²) in [6, 6.07) is 11.4. The first-order valence-electron chi connectivity index (χ1n) is 6.35. The van der Waals surface area contributed by atoms with Crippen LogP contribution in [0.3, 0.4) is 0 Å². The van der Waals surface area contributed by atoms with E-state index >= 15 is 0 Å². The Kier molecular flexibility index (Phi) is 4.61. The minimum atomic E-state index is 0.538. The molecule has 4 nitrogen and oxygen atoms in total. The molecule has 2 aromatic rings. The van der Waals surface area contributed by atoms with Crippen molar-refractivity contribution in [1.82, 2.24) is 4.98 Å². The first-order valence-corrected chi connectivity index (χ1v) is 6.35. The topological polar surface area (TPSA) is 57.4 Å². The Morgan fingerprint density at radius 1 is 1.05 bits per heavy atom. The van der Waals surface area contributed by atoms with Gasteiger partial charge >= 0.3 is 0 Å². The number of hydrogen-bond acceptors (Lipinski definition) is 4. The highest BCUT2D eigenvalue weighted by atomic mass is 16.5. The molecule has 2 rings (SSSR count). The fraction of sp³-hybridized carbons (Fsp3) is 0.267. The zero-order valence-electron chi connectivity index (χ0n) is 11.0. The summed E-state index contributed by atoms with van der Waals surface area (Å²) >= 11 is 0. The molecule has 1 aromatic carbocycles. The van der Waals surface area contributed by atoms with Crippen molar-refractivity contribution in [3.05, 3.63) is 48.3 Å². The van der Waals surface area contributed by atoms with E-state index in [2.05, 4.69) is 4.98 Å². The van der Waals surface area contributed by atoms with E-state index in [0.717, 1.165) is 12.1 Å². The van der Waals surface area contributed by atoms with Crippen LogP contribution in [0.4, 0.5) is 5.69 Å². The van der Waals surface area contributed by atoms with Gasteiger partial charge in [-0.3, -0.25) is 4.98 Å². The average molecular weight is 258 g/mol. The van der Waals surface area contributed by atoms with Gasteiger partial charge in [-0.2, -0.15) is 0 Å².